The van der Waals surface area contributed by atoms with E-state index in [1.54, 1.807) is 33.9 Å². The van der Waals surface area contributed by atoms with E-state index in [-0.39, 0.29) is 17.0 Å². The molecule has 1 fully saturated rings. The van der Waals surface area contributed by atoms with E-state index in [1.807, 2.05) is 42.5 Å². The number of fused-ring (bicyclic) bond motifs is 1. The maximum absolute atomic E-state index is 13.5. The van der Waals surface area contributed by atoms with E-state index in [0.717, 1.165) is 29.7 Å². The van der Waals surface area contributed by atoms with Crippen molar-refractivity contribution in [1.82, 2.24) is 14.5 Å². The van der Waals surface area contributed by atoms with E-state index in [0.29, 0.717) is 30.3 Å². The number of rotatable bonds is 4. The molecule has 0 saturated carbocycles. The number of anilines is 1. The lowest BCUT2D eigenvalue weighted by Gasteiger charge is -2.36. The minimum atomic E-state index is -0.327. The quantitative estimate of drug-likeness (QED) is 0.462. The van der Waals surface area contributed by atoms with Crippen LogP contribution >= 0.6 is 11.6 Å². The van der Waals surface area contributed by atoms with E-state index in [9.17, 15) is 9.59 Å². The van der Waals surface area contributed by atoms with Crippen molar-refractivity contribution in [3.05, 3.63) is 105 Å². The summed E-state index contributed by atoms with van der Waals surface area (Å²) in [5.41, 5.74) is 2.47. The van der Waals surface area contributed by atoms with Gasteiger partial charge in [0.05, 0.1) is 6.54 Å². The van der Waals surface area contributed by atoms with Gasteiger partial charge in [-0.1, -0.05) is 41.9 Å². The maximum atomic E-state index is 13.5. The van der Waals surface area contributed by atoms with Gasteiger partial charge in [0.2, 0.25) is 0 Å². The van der Waals surface area contributed by atoms with Crippen LogP contribution in [-0.4, -0.2) is 46.5 Å². The van der Waals surface area contributed by atoms with Crippen LogP contribution < -0.4 is 10.5 Å². The van der Waals surface area contributed by atoms with Gasteiger partial charge in [0.1, 0.15) is 11.2 Å². The first-order chi connectivity index (χ1) is 16.1. The minimum absolute atomic E-state index is 0.178. The fraction of sp³-hybridized carbons (Fsp3) is 0.192. The van der Waals surface area contributed by atoms with E-state index in [1.165, 1.54) is 0 Å². The SMILES string of the molecule is O=C(c1cc2cccnc2n(Cc2ccc(Cl)cc2)c1=O)N1CCN(c2ccccc2)CC1. The third-order valence-corrected chi connectivity index (χ3v) is 6.27. The highest BCUT2D eigenvalue weighted by Crippen LogP contribution is 2.18. The highest BCUT2D eigenvalue weighted by Gasteiger charge is 2.25. The van der Waals surface area contributed by atoms with Crippen molar-refractivity contribution in [2.75, 3.05) is 31.1 Å². The topological polar surface area (TPSA) is 58.4 Å². The molecule has 2 aromatic carbocycles. The van der Waals surface area contributed by atoms with Crippen LogP contribution in [0.5, 0.6) is 0 Å². The molecule has 166 valence electrons. The van der Waals surface area contributed by atoms with Gasteiger partial charge in [-0.15, -0.1) is 0 Å². The van der Waals surface area contributed by atoms with Crippen molar-refractivity contribution >= 4 is 34.2 Å². The van der Waals surface area contributed by atoms with Gasteiger partial charge in [0, 0.05) is 48.5 Å². The lowest BCUT2D eigenvalue weighted by Crippen LogP contribution is -2.50. The molecule has 0 aliphatic carbocycles. The van der Waals surface area contributed by atoms with Crippen molar-refractivity contribution < 1.29 is 4.79 Å². The molecule has 1 amide bonds. The number of carbonyl (C=O) groups excluding carboxylic acids is 1. The number of hydrogen-bond donors (Lipinski definition) is 0. The summed E-state index contributed by atoms with van der Waals surface area (Å²) in [6.45, 7) is 2.89. The van der Waals surface area contributed by atoms with Gasteiger partial charge in [0.15, 0.2) is 0 Å². The molecule has 4 aromatic rings. The molecule has 0 atom stereocenters. The van der Waals surface area contributed by atoms with Crippen LogP contribution in [0.3, 0.4) is 0 Å². The first-order valence-electron chi connectivity index (χ1n) is 10.9. The summed E-state index contributed by atoms with van der Waals surface area (Å²) in [7, 11) is 0. The summed E-state index contributed by atoms with van der Waals surface area (Å²) in [6.07, 6.45) is 1.66. The average molecular weight is 459 g/mol. The Morgan fingerprint density at radius 2 is 1.64 bits per heavy atom. The number of pyridine rings is 2. The van der Waals surface area contributed by atoms with Crippen LogP contribution in [-0.2, 0) is 6.54 Å². The highest BCUT2D eigenvalue weighted by molar-refractivity contribution is 6.30. The first-order valence-corrected chi connectivity index (χ1v) is 11.3. The Morgan fingerprint density at radius 1 is 0.909 bits per heavy atom. The second-order valence-corrected chi connectivity index (χ2v) is 8.54. The summed E-state index contributed by atoms with van der Waals surface area (Å²) < 4.78 is 1.58. The number of para-hydroxylation sites is 1. The van der Waals surface area contributed by atoms with E-state index in [2.05, 4.69) is 22.0 Å². The van der Waals surface area contributed by atoms with Gasteiger partial charge in [-0.3, -0.25) is 14.2 Å². The van der Waals surface area contributed by atoms with Crippen molar-refractivity contribution in [2.45, 2.75) is 6.54 Å². The second kappa shape index (κ2) is 9.08. The van der Waals surface area contributed by atoms with Crippen molar-refractivity contribution in [2.24, 2.45) is 0 Å². The first kappa shape index (κ1) is 21.2. The van der Waals surface area contributed by atoms with E-state index >= 15 is 0 Å². The summed E-state index contributed by atoms with van der Waals surface area (Å²) in [5.74, 6) is -0.233. The molecule has 1 aliphatic heterocycles. The summed E-state index contributed by atoms with van der Waals surface area (Å²) in [6, 6.07) is 22.9. The molecule has 6 nitrogen and oxygen atoms in total. The summed E-state index contributed by atoms with van der Waals surface area (Å²) >= 11 is 6.01. The Kier molecular flexibility index (Phi) is 5.84. The lowest BCUT2D eigenvalue weighted by atomic mass is 10.1. The summed E-state index contributed by atoms with van der Waals surface area (Å²) in [4.78, 5) is 35.3. The molecule has 0 bridgehead atoms. The van der Waals surface area contributed by atoms with Crippen LogP contribution in [0.2, 0.25) is 5.02 Å². The molecule has 33 heavy (non-hydrogen) atoms. The standard InChI is InChI=1S/C26H23ClN4O2/c27-21-10-8-19(9-11-21)18-31-24-20(5-4-12-28-24)17-23(26(31)33)25(32)30-15-13-29(14-16-30)22-6-2-1-3-7-22/h1-12,17H,13-16,18H2. The van der Waals surface area contributed by atoms with Crippen molar-refractivity contribution in [3.8, 4) is 0 Å². The fourth-order valence-corrected chi connectivity index (χ4v) is 4.38. The van der Waals surface area contributed by atoms with E-state index < -0.39 is 0 Å². The number of halogens is 1. The molecule has 1 saturated heterocycles. The zero-order chi connectivity index (χ0) is 22.8. The number of hydrogen-bond acceptors (Lipinski definition) is 4. The second-order valence-electron chi connectivity index (χ2n) is 8.11. The molecule has 3 heterocycles. The van der Waals surface area contributed by atoms with Gasteiger partial charge in [-0.2, -0.15) is 0 Å². The molecule has 2 aromatic heterocycles. The number of benzene rings is 2. The van der Waals surface area contributed by atoms with Gasteiger partial charge < -0.3 is 9.80 Å². The Labute approximate surface area is 196 Å². The third kappa shape index (κ3) is 4.34. The predicted molar refractivity (Wildman–Crippen MR) is 131 cm³/mol. The predicted octanol–water partition coefficient (Wildman–Crippen LogP) is 4.06. The molecule has 0 unspecified atom stereocenters. The van der Waals surface area contributed by atoms with Crippen LogP contribution in [0.25, 0.3) is 11.0 Å². The largest absolute Gasteiger partial charge is 0.368 e. The fourth-order valence-electron chi connectivity index (χ4n) is 4.26. The van der Waals surface area contributed by atoms with Gasteiger partial charge in [-0.05, 0) is 48.0 Å². The zero-order valence-electron chi connectivity index (χ0n) is 18.0. The molecule has 1 aliphatic rings. The van der Waals surface area contributed by atoms with Gasteiger partial charge in [-0.25, -0.2) is 4.98 Å². The lowest BCUT2D eigenvalue weighted by molar-refractivity contribution is 0.0744. The van der Waals surface area contributed by atoms with Gasteiger partial charge in [0.25, 0.3) is 11.5 Å². The van der Waals surface area contributed by atoms with Crippen molar-refractivity contribution in [3.63, 3.8) is 0 Å². The molecule has 0 radical (unpaired) electrons. The average Bonchev–Trinajstić information content (AvgIpc) is 2.87. The molecular weight excluding hydrogens is 436 g/mol. The molecule has 0 N–H and O–H groups in total. The summed E-state index contributed by atoms with van der Waals surface area (Å²) in [5, 5.41) is 1.39. The van der Waals surface area contributed by atoms with Crippen LogP contribution in [0.4, 0.5) is 5.69 Å². The molecule has 5 rings (SSSR count). The number of amides is 1. The van der Waals surface area contributed by atoms with Crippen LogP contribution in [0, 0.1) is 0 Å². The molecule has 0 spiro atoms. The Hall–Kier alpha value is -3.64. The molecule has 7 heteroatoms. The number of nitrogens with zero attached hydrogens (tertiary/aromatic N) is 4. The molecular formula is C26H23ClN4O2. The zero-order valence-corrected chi connectivity index (χ0v) is 18.8. The monoisotopic (exact) mass is 458 g/mol. The normalized spacial score (nSPS) is 14.0. The van der Waals surface area contributed by atoms with Crippen LogP contribution in [0.1, 0.15) is 15.9 Å². The van der Waals surface area contributed by atoms with Gasteiger partial charge >= 0.3 is 0 Å². The Balaban J connectivity index is 1.44. The smallest absolute Gasteiger partial charge is 0.265 e. The third-order valence-electron chi connectivity index (χ3n) is 6.02. The number of aromatic nitrogens is 2. The Bertz CT molecular complexity index is 1340. The van der Waals surface area contributed by atoms with E-state index in [4.69, 9.17) is 11.6 Å². The van der Waals surface area contributed by atoms with Crippen LogP contribution in [0.15, 0.2) is 83.8 Å². The number of piperazine rings is 1. The van der Waals surface area contributed by atoms with Crippen molar-refractivity contribution in [1.29, 1.82) is 0 Å². The number of carbonyl (C=O) groups is 1. The minimum Gasteiger partial charge on any atom is -0.368 e. The highest BCUT2D eigenvalue weighted by atomic mass is 35.5. The maximum Gasteiger partial charge on any atom is 0.265 e. The Morgan fingerprint density at radius 3 is 2.36 bits per heavy atom.